The Hall–Kier alpha value is -1.10. The predicted octanol–water partition coefficient (Wildman–Crippen LogP) is -0.331. The average molecular weight is 213 g/mol. The molecule has 85 valence electrons. The van der Waals surface area contributed by atoms with Crippen LogP contribution in [0.1, 0.15) is 20.8 Å². The molecule has 1 amide bonds. The lowest BCUT2D eigenvalue weighted by molar-refractivity contribution is -0.160. The van der Waals surface area contributed by atoms with Gasteiger partial charge in [-0.3, -0.25) is 4.79 Å². The molecule has 1 radical (unpaired) electrons. The molecule has 1 unspecified atom stereocenters. The fraction of sp³-hybridized carbons (Fsp3) is 0.800. The van der Waals surface area contributed by atoms with E-state index < -0.39 is 11.6 Å². The Morgan fingerprint density at radius 3 is 2.73 bits per heavy atom. The highest BCUT2D eigenvalue weighted by Gasteiger charge is 2.31. The van der Waals surface area contributed by atoms with Crippen LogP contribution in [-0.2, 0) is 14.3 Å². The molecule has 1 N–H and O–H groups in total. The van der Waals surface area contributed by atoms with E-state index in [1.54, 1.807) is 27.2 Å². The number of carbonyl (C=O) groups excluding carboxylic acids is 2. The van der Waals surface area contributed by atoms with Crippen LogP contribution >= 0.6 is 0 Å². The Morgan fingerprint density at radius 1 is 1.53 bits per heavy atom. The predicted molar refractivity (Wildman–Crippen MR) is 54.9 cm³/mol. The summed E-state index contributed by atoms with van der Waals surface area (Å²) in [5, 5.41) is 3.04. The van der Waals surface area contributed by atoms with E-state index in [1.807, 2.05) is 0 Å². The van der Waals surface area contributed by atoms with E-state index in [2.05, 4.69) is 5.32 Å². The van der Waals surface area contributed by atoms with Crippen molar-refractivity contribution >= 4 is 12.4 Å². The summed E-state index contributed by atoms with van der Waals surface area (Å²) >= 11 is 0. The second kappa shape index (κ2) is 4.61. The van der Waals surface area contributed by atoms with Gasteiger partial charge in [0, 0.05) is 19.6 Å². The first kappa shape index (κ1) is 12.0. The first-order valence-corrected chi connectivity index (χ1v) is 5.02. The summed E-state index contributed by atoms with van der Waals surface area (Å²) in [6, 6.07) is -0.546. The third kappa shape index (κ3) is 3.51. The van der Waals surface area contributed by atoms with E-state index in [9.17, 15) is 9.59 Å². The molecule has 0 aromatic rings. The molecule has 1 saturated heterocycles. The molecule has 1 atom stereocenters. The van der Waals surface area contributed by atoms with Gasteiger partial charge in [0.2, 0.25) is 0 Å². The molecule has 0 aliphatic carbocycles. The smallest absolute Gasteiger partial charge is 0.330 e. The number of hydrogen-bond donors (Lipinski definition) is 1. The van der Waals surface area contributed by atoms with E-state index in [0.29, 0.717) is 19.6 Å². The maximum atomic E-state index is 11.7. The summed E-state index contributed by atoms with van der Waals surface area (Å²) < 4.78 is 5.21. The maximum absolute atomic E-state index is 11.7. The number of carbonyl (C=O) groups is 1. The van der Waals surface area contributed by atoms with E-state index in [-0.39, 0.29) is 5.97 Å². The largest absolute Gasteiger partial charge is 0.458 e. The Morgan fingerprint density at radius 2 is 2.20 bits per heavy atom. The van der Waals surface area contributed by atoms with Crippen molar-refractivity contribution in [1.29, 1.82) is 0 Å². The van der Waals surface area contributed by atoms with Crippen LogP contribution in [0.15, 0.2) is 0 Å². The summed E-state index contributed by atoms with van der Waals surface area (Å²) in [4.78, 5) is 23.7. The number of rotatable bonds is 2. The Bertz CT molecular complexity index is 248. The maximum Gasteiger partial charge on any atom is 0.330 e. The molecular weight excluding hydrogens is 196 g/mol. The van der Waals surface area contributed by atoms with Gasteiger partial charge in [0.25, 0.3) is 0 Å². The van der Waals surface area contributed by atoms with Crippen LogP contribution in [0.4, 0.5) is 0 Å². The van der Waals surface area contributed by atoms with Gasteiger partial charge in [-0.05, 0) is 20.8 Å². The Kier molecular flexibility index (Phi) is 3.68. The van der Waals surface area contributed by atoms with Crippen LogP contribution < -0.4 is 5.32 Å². The van der Waals surface area contributed by atoms with Gasteiger partial charge in [0.05, 0.1) is 0 Å². The van der Waals surface area contributed by atoms with Gasteiger partial charge >= 0.3 is 12.4 Å². The second-order valence-corrected chi connectivity index (χ2v) is 4.54. The van der Waals surface area contributed by atoms with Crippen LogP contribution in [0.3, 0.4) is 0 Å². The van der Waals surface area contributed by atoms with Gasteiger partial charge in [0.15, 0.2) is 0 Å². The molecule has 5 heteroatoms. The van der Waals surface area contributed by atoms with E-state index >= 15 is 0 Å². The minimum Gasteiger partial charge on any atom is -0.458 e. The highest BCUT2D eigenvalue weighted by atomic mass is 16.6. The molecule has 15 heavy (non-hydrogen) atoms. The lowest BCUT2D eigenvalue weighted by atomic mass is 10.1. The summed E-state index contributed by atoms with van der Waals surface area (Å²) in [6.45, 7) is 7.02. The Labute approximate surface area is 89.8 Å². The highest BCUT2D eigenvalue weighted by molar-refractivity contribution is 5.79. The summed E-state index contributed by atoms with van der Waals surface area (Å²) in [5.41, 5.74) is -0.525. The van der Waals surface area contributed by atoms with Crippen LogP contribution in [0.25, 0.3) is 0 Å². The number of nitrogens with zero attached hydrogens (tertiary/aromatic N) is 1. The number of amides is 1. The molecule has 5 nitrogen and oxygen atoms in total. The first-order chi connectivity index (χ1) is 6.94. The van der Waals surface area contributed by atoms with Gasteiger partial charge in [-0.15, -0.1) is 0 Å². The zero-order valence-corrected chi connectivity index (χ0v) is 9.37. The van der Waals surface area contributed by atoms with Crippen LogP contribution in [0, 0.1) is 0 Å². The van der Waals surface area contributed by atoms with Crippen molar-refractivity contribution < 1.29 is 14.3 Å². The molecule has 1 heterocycles. The average Bonchev–Trinajstić information content (AvgIpc) is 2.15. The fourth-order valence-corrected chi connectivity index (χ4v) is 1.39. The minimum atomic E-state index is -0.546. The molecular formula is C10H17N2O3. The van der Waals surface area contributed by atoms with Crippen molar-refractivity contribution in [2.45, 2.75) is 32.4 Å². The SMILES string of the molecule is CC(C)(C)OC(=O)C1CNCCN1[C]=O. The van der Waals surface area contributed by atoms with Crippen LogP contribution in [0.5, 0.6) is 0 Å². The minimum absolute atomic E-state index is 0.377. The van der Waals surface area contributed by atoms with Crippen molar-refractivity contribution in [2.24, 2.45) is 0 Å². The van der Waals surface area contributed by atoms with Crippen molar-refractivity contribution in [2.75, 3.05) is 19.6 Å². The molecule has 0 spiro atoms. The molecule has 0 aromatic heterocycles. The zero-order chi connectivity index (χ0) is 11.5. The lowest BCUT2D eigenvalue weighted by Gasteiger charge is -2.32. The summed E-state index contributed by atoms with van der Waals surface area (Å²) in [5.74, 6) is -0.377. The molecule has 1 fully saturated rings. The van der Waals surface area contributed by atoms with Gasteiger partial charge in [0.1, 0.15) is 11.6 Å². The third-order valence-corrected chi connectivity index (χ3v) is 2.04. The topological polar surface area (TPSA) is 58.6 Å². The standard InChI is InChI=1S/C10H17N2O3/c1-10(2,3)15-9(14)8-6-11-4-5-12(8)7-13/h8,11H,4-6H2,1-3H3. The van der Waals surface area contributed by atoms with E-state index in [4.69, 9.17) is 4.74 Å². The molecule has 0 saturated carbocycles. The van der Waals surface area contributed by atoms with Crippen LogP contribution in [-0.4, -0.2) is 48.6 Å². The summed E-state index contributed by atoms with van der Waals surface area (Å²) in [7, 11) is 0. The highest BCUT2D eigenvalue weighted by Crippen LogP contribution is 2.11. The number of piperazine rings is 1. The van der Waals surface area contributed by atoms with Crippen LogP contribution in [0.2, 0.25) is 0 Å². The zero-order valence-electron chi connectivity index (χ0n) is 9.37. The Balaban J connectivity index is 2.60. The van der Waals surface area contributed by atoms with Crippen molar-refractivity contribution in [3.05, 3.63) is 0 Å². The number of esters is 1. The van der Waals surface area contributed by atoms with Gasteiger partial charge < -0.3 is 15.0 Å². The fourth-order valence-electron chi connectivity index (χ4n) is 1.39. The molecule has 1 aliphatic heterocycles. The quantitative estimate of drug-likeness (QED) is 0.638. The molecule has 1 aliphatic rings. The summed E-state index contributed by atoms with van der Waals surface area (Å²) in [6.07, 6.45) is 1.76. The normalized spacial score (nSPS) is 22.3. The van der Waals surface area contributed by atoms with E-state index in [1.165, 1.54) is 4.90 Å². The van der Waals surface area contributed by atoms with Crippen molar-refractivity contribution in [3.63, 3.8) is 0 Å². The van der Waals surface area contributed by atoms with Gasteiger partial charge in [-0.1, -0.05) is 0 Å². The lowest BCUT2D eigenvalue weighted by Crippen LogP contribution is -2.55. The second-order valence-electron chi connectivity index (χ2n) is 4.54. The number of ether oxygens (including phenoxy) is 1. The number of nitrogens with one attached hydrogen (secondary N) is 1. The molecule has 0 bridgehead atoms. The molecule has 0 aromatic carbocycles. The van der Waals surface area contributed by atoms with Crippen molar-refractivity contribution in [3.8, 4) is 0 Å². The monoisotopic (exact) mass is 213 g/mol. The third-order valence-electron chi connectivity index (χ3n) is 2.04. The molecule has 1 rings (SSSR count). The van der Waals surface area contributed by atoms with E-state index in [0.717, 1.165) is 0 Å². The van der Waals surface area contributed by atoms with Gasteiger partial charge in [-0.2, -0.15) is 0 Å². The number of hydrogen-bond acceptors (Lipinski definition) is 4. The first-order valence-electron chi connectivity index (χ1n) is 5.02. The van der Waals surface area contributed by atoms with Gasteiger partial charge in [-0.25, -0.2) is 4.79 Å². The van der Waals surface area contributed by atoms with Crippen molar-refractivity contribution in [1.82, 2.24) is 10.2 Å².